The van der Waals surface area contributed by atoms with Crippen LogP contribution in [0.4, 0.5) is 0 Å². The Morgan fingerprint density at radius 1 is 1.03 bits per heavy atom. The van der Waals surface area contributed by atoms with Crippen molar-refractivity contribution in [3.63, 3.8) is 0 Å². The maximum absolute atomic E-state index is 12.9. The van der Waals surface area contributed by atoms with Gasteiger partial charge in [0.15, 0.2) is 17.3 Å². The highest BCUT2D eigenvalue weighted by Gasteiger charge is 2.27. The minimum Gasteiger partial charge on any atom is -0.486 e. The van der Waals surface area contributed by atoms with Gasteiger partial charge in [0.05, 0.1) is 6.54 Å². The summed E-state index contributed by atoms with van der Waals surface area (Å²) in [7, 11) is 0. The number of nitrogens with zero attached hydrogens (tertiary/aromatic N) is 1. The molecule has 0 bridgehead atoms. The van der Waals surface area contributed by atoms with E-state index in [0.29, 0.717) is 43.4 Å². The molecule has 6 nitrogen and oxygen atoms in total. The Balaban J connectivity index is 1.25. The molecule has 1 fully saturated rings. The Hall–Kier alpha value is -2.86. The molecule has 0 unspecified atom stereocenters. The standard InChI is InChI=1S/C24H28N2O4/c1-17-4-2-3-5-20(17)15-25-23(27)16-26-10-8-18(9-11-26)24(28)19-6-7-21-22(14-19)30-13-12-29-21/h2-7,14,18H,8-13,15-16H2,1H3,(H,25,27). The Morgan fingerprint density at radius 2 is 1.77 bits per heavy atom. The van der Waals surface area contributed by atoms with Crippen LogP contribution in [-0.4, -0.2) is 49.4 Å². The number of hydrogen-bond donors (Lipinski definition) is 1. The summed E-state index contributed by atoms with van der Waals surface area (Å²) >= 11 is 0. The first kappa shape index (κ1) is 20.4. The number of carbonyl (C=O) groups excluding carboxylic acids is 2. The maximum atomic E-state index is 12.9. The first-order chi connectivity index (χ1) is 14.6. The fourth-order valence-corrected chi connectivity index (χ4v) is 4.05. The molecule has 0 aromatic heterocycles. The molecule has 158 valence electrons. The molecule has 2 heterocycles. The highest BCUT2D eigenvalue weighted by Crippen LogP contribution is 2.32. The molecule has 0 spiro atoms. The number of piperidine rings is 1. The summed E-state index contributed by atoms with van der Waals surface area (Å²) in [5.41, 5.74) is 2.99. The fourth-order valence-electron chi connectivity index (χ4n) is 4.05. The molecule has 1 N–H and O–H groups in total. The predicted molar refractivity (Wildman–Crippen MR) is 114 cm³/mol. The number of Topliss-reactive ketones (excluding diaryl/α,β-unsaturated/α-hetero) is 1. The number of rotatable bonds is 6. The molecule has 2 aliphatic rings. The van der Waals surface area contributed by atoms with Gasteiger partial charge in [0.2, 0.25) is 5.91 Å². The lowest BCUT2D eigenvalue weighted by molar-refractivity contribution is -0.122. The van der Waals surface area contributed by atoms with Crippen molar-refractivity contribution in [1.29, 1.82) is 0 Å². The average Bonchev–Trinajstić information content (AvgIpc) is 2.78. The van der Waals surface area contributed by atoms with E-state index < -0.39 is 0 Å². The normalized spacial score (nSPS) is 16.8. The van der Waals surface area contributed by atoms with Gasteiger partial charge in [-0.05, 0) is 62.2 Å². The third-order valence-corrected chi connectivity index (χ3v) is 5.89. The fraction of sp³-hybridized carbons (Fsp3) is 0.417. The minimum absolute atomic E-state index is 0.0150. The van der Waals surface area contributed by atoms with Crippen LogP contribution < -0.4 is 14.8 Å². The number of nitrogens with one attached hydrogen (secondary N) is 1. The van der Waals surface area contributed by atoms with Crippen LogP contribution in [0.2, 0.25) is 0 Å². The SMILES string of the molecule is Cc1ccccc1CNC(=O)CN1CCC(C(=O)c2ccc3c(c2)OCCO3)CC1. The van der Waals surface area contributed by atoms with E-state index in [1.807, 2.05) is 43.3 Å². The largest absolute Gasteiger partial charge is 0.486 e. The van der Waals surface area contributed by atoms with E-state index in [4.69, 9.17) is 9.47 Å². The summed E-state index contributed by atoms with van der Waals surface area (Å²) in [6, 6.07) is 13.5. The molecule has 2 aliphatic heterocycles. The van der Waals surface area contributed by atoms with Crippen LogP contribution >= 0.6 is 0 Å². The zero-order valence-corrected chi connectivity index (χ0v) is 17.4. The second kappa shape index (κ2) is 9.30. The van der Waals surface area contributed by atoms with Crippen LogP contribution in [-0.2, 0) is 11.3 Å². The van der Waals surface area contributed by atoms with Crippen molar-refractivity contribution in [2.75, 3.05) is 32.8 Å². The third-order valence-electron chi connectivity index (χ3n) is 5.89. The molecule has 6 heteroatoms. The molecule has 1 amide bonds. The molecule has 2 aromatic carbocycles. The van der Waals surface area contributed by atoms with Gasteiger partial charge < -0.3 is 14.8 Å². The number of ketones is 1. The monoisotopic (exact) mass is 408 g/mol. The highest BCUT2D eigenvalue weighted by atomic mass is 16.6. The summed E-state index contributed by atoms with van der Waals surface area (Å²) in [4.78, 5) is 27.4. The smallest absolute Gasteiger partial charge is 0.234 e. The summed E-state index contributed by atoms with van der Waals surface area (Å²) in [6.45, 7) is 5.51. The molecule has 0 saturated carbocycles. The number of benzene rings is 2. The van der Waals surface area contributed by atoms with Crippen molar-refractivity contribution in [2.45, 2.75) is 26.3 Å². The topological polar surface area (TPSA) is 67.9 Å². The minimum atomic E-state index is -0.0150. The Bertz CT molecular complexity index is 919. The van der Waals surface area contributed by atoms with Gasteiger partial charge in [-0.3, -0.25) is 14.5 Å². The number of ether oxygens (including phenoxy) is 2. The molecular formula is C24H28N2O4. The summed E-state index contributed by atoms with van der Waals surface area (Å²) < 4.78 is 11.1. The lowest BCUT2D eigenvalue weighted by atomic mass is 9.88. The zero-order valence-electron chi connectivity index (χ0n) is 17.4. The van der Waals surface area contributed by atoms with E-state index in [-0.39, 0.29) is 17.6 Å². The lowest BCUT2D eigenvalue weighted by Crippen LogP contribution is -2.42. The number of hydrogen-bond acceptors (Lipinski definition) is 5. The van der Waals surface area contributed by atoms with Crippen molar-refractivity contribution < 1.29 is 19.1 Å². The van der Waals surface area contributed by atoms with Crippen molar-refractivity contribution in [1.82, 2.24) is 10.2 Å². The van der Waals surface area contributed by atoms with Gasteiger partial charge >= 0.3 is 0 Å². The van der Waals surface area contributed by atoms with Gasteiger partial charge in [-0.25, -0.2) is 0 Å². The molecule has 4 rings (SSSR count). The predicted octanol–water partition coefficient (Wildman–Crippen LogP) is 2.98. The molecular weight excluding hydrogens is 380 g/mol. The first-order valence-corrected chi connectivity index (χ1v) is 10.6. The van der Waals surface area contributed by atoms with Crippen molar-refractivity contribution in [2.24, 2.45) is 5.92 Å². The number of carbonyl (C=O) groups is 2. The Kier molecular flexibility index (Phi) is 6.33. The van der Waals surface area contributed by atoms with E-state index in [2.05, 4.69) is 10.2 Å². The molecule has 0 radical (unpaired) electrons. The van der Waals surface area contributed by atoms with Crippen LogP contribution in [0.1, 0.15) is 34.3 Å². The Morgan fingerprint density at radius 3 is 2.53 bits per heavy atom. The van der Waals surface area contributed by atoms with Gasteiger partial charge in [-0.2, -0.15) is 0 Å². The van der Waals surface area contributed by atoms with Crippen LogP contribution in [0.25, 0.3) is 0 Å². The van der Waals surface area contributed by atoms with Gasteiger partial charge in [0, 0.05) is 18.0 Å². The number of fused-ring (bicyclic) bond motifs is 1. The molecule has 1 saturated heterocycles. The second-order valence-corrected chi connectivity index (χ2v) is 7.98. The van der Waals surface area contributed by atoms with Gasteiger partial charge in [0.1, 0.15) is 13.2 Å². The van der Waals surface area contributed by atoms with Crippen molar-refractivity contribution in [3.8, 4) is 11.5 Å². The van der Waals surface area contributed by atoms with Crippen LogP contribution in [0.5, 0.6) is 11.5 Å². The van der Waals surface area contributed by atoms with Crippen LogP contribution in [0.15, 0.2) is 42.5 Å². The van der Waals surface area contributed by atoms with Crippen molar-refractivity contribution in [3.05, 3.63) is 59.2 Å². The summed E-state index contributed by atoms with van der Waals surface area (Å²) in [6.07, 6.45) is 1.52. The van der Waals surface area contributed by atoms with E-state index in [1.165, 1.54) is 5.56 Å². The summed E-state index contributed by atoms with van der Waals surface area (Å²) in [5, 5.41) is 3.00. The maximum Gasteiger partial charge on any atom is 0.234 e. The van der Waals surface area contributed by atoms with Gasteiger partial charge in [-0.1, -0.05) is 24.3 Å². The second-order valence-electron chi connectivity index (χ2n) is 7.98. The number of amides is 1. The van der Waals surface area contributed by atoms with Crippen molar-refractivity contribution >= 4 is 11.7 Å². The third kappa shape index (κ3) is 4.82. The molecule has 0 aliphatic carbocycles. The number of aryl methyl sites for hydroxylation is 1. The van der Waals surface area contributed by atoms with Gasteiger partial charge in [0.25, 0.3) is 0 Å². The quantitative estimate of drug-likeness (QED) is 0.745. The van der Waals surface area contributed by atoms with E-state index >= 15 is 0 Å². The first-order valence-electron chi connectivity index (χ1n) is 10.6. The van der Waals surface area contributed by atoms with E-state index in [1.54, 1.807) is 6.07 Å². The molecule has 30 heavy (non-hydrogen) atoms. The van der Waals surface area contributed by atoms with Crippen LogP contribution in [0, 0.1) is 12.8 Å². The van der Waals surface area contributed by atoms with Gasteiger partial charge in [-0.15, -0.1) is 0 Å². The zero-order chi connectivity index (χ0) is 20.9. The van der Waals surface area contributed by atoms with E-state index in [9.17, 15) is 9.59 Å². The molecule has 2 aromatic rings. The highest BCUT2D eigenvalue weighted by molar-refractivity contribution is 5.98. The lowest BCUT2D eigenvalue weighted by Gasteiger charge is -2.31. The molecule has 0 atom stereocenters. The average molecular weight is 408 g/mol. The number of likely N-dealkylation sites (tertiary alicyclic amines) is 1. The Labute approximate surface area is 177 Å². The van der Waals surface area contributed by atoms with E-state index in [0.717, 1.165) is 31.5 Å². The summed E-state index contributed by atoms with van der Waals surface area (Å²) in [5.74, 6) is 1.50. The van der Waals surface area contributed by atoms with Crippen LogP contribution in [0.3, 0.4) is 0 Å².